The average molecular weight is 406 g/mol. The zero-order valence-electron chi connectivity index (χ0n) is 15.8. The summed E-state index contributed by atoms with van der Waals surface area (Å²) in [7, 11) is 2.49. The molecule has 0 radical (unpaired) electrons. The van der Waals surface area contributed by atoms with Gasteiger partial charge in [-0.25, -0.2) is 9.59 Å². The first-order valence-electron chi connectivity index (χ1n) is 8.55. The number of carbonyl (C=O) groups is 3. The zero-order chi connectivity index (χ0) is 20.7. The minimum Gasteiger partial charge on any atom is -0.465 e. The van der Waals surface area contributed by atoms with Gasteiger partial charge in [0.1, 0.15) is 6.04 Å². The highest BCUT2D eigenvalue weighted by Crippen LogP contribution is 2.20. The second kappa shape index (κ2) is 9.87. The topological polar surface area (TPSA) is 98.3 Å². The van der Waals surface area contributed by atoms with Crippen LogP contribution in [0.2, 0.25) is 5.02 Å². The molecule has 2 rings (SSSR count). The lowest BCUT2D eigenvalue weighted by molar-refractivity contribution is -0.682. The molecule has 3 N–H and O–H groups in total. The van der Waals surface area contributed by atoms with Gasteiger partial charge in [-0.1, -0.05) is 23.7 Å². The van der Waals surface area contributed by atoms with E-state index < -0.39 is 11.9 Å². The van der Waals surface area contributed by atoms with Gasteiger partial charge in [-0.3, -0.25) is 4.79 Å². The van der Waals surface area contributed by atoms with E-state index in [0.29, 0.717) is 5.02 Å². The van der Waals surface area contributed by atoms with Crippen LogP contribution >= 0.6 is 11.6 Å². The van der Waals surface area contributed by atoms with Crippen molar-refractivity contribution in [1.82, 2.24) is 0 Å². The Hall–Kier alpha value is -2.90. The van der Waals surface area contributed by atoms with Gasteiger partial charge in [0.15, 0.2) is 6.54 Å². The van der Waals surface area contributed by atoms with Crippen LogP contribution in [0.15, 0.2) is 42.5 Å². The molecule has 1 amide bonds. The van der Waals surface area contributed by atoms with Crippen molar-refractivity contribution in [3.05, 3.63) is 64.2 Å². The number of benzene rings is 2. The molecule has 148 valence electrons. The zero-order valence-corrected chi connectivity index (χ0v) is 16.6. The van der Waals surface area contributed by atoms with Gasteiger partial charge in [0.25, 0.3) is 5.91 Å². The average Bonchev–Trinajstić information content (AvgIpc) is 2.71. The first-order chi connectivity index (χ1) is 13.3. The molecule has 0 aliphatic rings. The highest BCUT2D eigenvalue weighted by molar-refractivity contribution is 6.30. The number of hydrogen-bond donors (Lipinski definition) is 2. The van der Waals surface area contributed by atoms with E-state index in [1.807, 2.05) is 24.4 Å². The van der Waals surface area contributed by atoms with Crippen LogP contribution in [0.1, 0.15) is 39.2 Å². The number of nitrogens with one attached hydrogen (secondary N) is 1. The van der Waals surface area contributed by atoms with Crippen LogP contribution in [0.25, 0.3) is 0 Å². The number of hydrogen-bond acceptors (Lipinski definition) is 5. The molecular formula is C20H22ClN2O5+. The largest absolute Gasteiger partial charge is 0.465 e. The van der Waals surface area contributed by atoms with E-state index in [-0.39, 0.29) is 35.3 Å². The molecular weight excluding hydrogens is 384 g/mol. The third-order valence-corrected chi connectivity index (χ3v) is 4.42. The van der Waals surface area contributed by atoms with Gasteiger partial charge in [-0.15, -0.1) is 0 Å². The number of methoxy groups -OCH3 is 2. The lowest BCUT2D eigenvalue weighted by atomic mass is 10.1. The Morgan fingerprint density at radius 1 is 1.04 bits per heavy atom. The highest BCUT2D eigenvalue weighted by atomic mass is 35.5. The van der Waals surface area contributed by atoms with Crippen molar-refractivity contribution in [3.63, 3.8) is 0 Å². The van der Waals surface area contributed by atoms with E-state index in [1.54, 1.807) is 12.1 Å². The molecule has 0 aromatic heterocycles. The number of carbonyl (C=O) groups excluding carboxylic acids is 3. The fraction of sp³-hybridized carbons (Fsp3) is 0.250. The van der Waals surface area contributed by atoms with Crippen LogP contribution in [0.4, 0.5) is 5.69 Å². The molecule has 0 unspecified atom stereocenters. The molecule has 2 aromatic carbocycles. The predicted molar refractivity (Wildman–Crippen MR) is 104 cm³/mol. The molecule has 0 bridgehead atoms. The summed E-state index contributed by atoms with van der Waals surface area (Å²) in [5, 5.41) is 5.16. The van der Waals surface area contributed by atoms with E-state index in [0.717, 1.165) is 5.56 Å². The lowest BCUT2D eigenvalue weighted by Crippen LogP contribution is -2.86. The highest BCUT2D eigenvalue weighted by Gasteiger charge is 2.18. The molecule has 7 nitrogen and oxygen atoms in total. The Morgan fingerprint density at radius 2 is 1.68 bits per heavy atom. The summed E-state index contributed by atoms with van der Waals surface area (Å²) in [6, 6.07) is 11.6. The van der Waals surface area contributed by atoms with Gasteiger partial charge < -0.3 is 20.1 Å². The Labute approximate surface area is 168 Å². The lowest BCUT2D eigenvalue weighted by Gasteiger charge is -2.13. The number of ether oxygens (including phenoxy) is 2. The van der Waals surface area contributed by atoms with Crippen molar-refractivity contribution in [2.45, 2.75) is 13.0 Å². The van der Waals surface area contributed by atoms with Crippen molar-refractivity contribution in [2.75, 3.05) is 26.1 Å². The number of esters is 2. The predicted octanol–water partition coefficient (Wildman–Crippen LogP) is 2.18. The normalized spacial score (nSPS) is 11.4. The van der Waals surface area contributed by atoms with Gasteiger partial charge >= 0.3 is 11.9 Å². The van der Waals surface area contributed by atoms with Crippen LogP contribution in [-0.2, 0) is 14.3 Å². The second-order valence-corrected chi connectivity index (χ2v) is 6.51. The molecule has 28 heavy (non-hydrogen) atoms. The standard InChI is InChI=1S/C20H21ClN2O5/c1-12(13-4-7-15(21)8-5-13)22-11-18(24)23-17-10-14(19(25)27-2)6-9-16(17)20(26)28-3/h4-10,12,22H,11H2,1-3H3,(H,23,24)/p+1/t12-/m0/s1. The summed E-state index contributed by atoms with van der Waals surface area (Å²) >= 11 is 5.89. The second-order valence-electron chi connectivity index (χ2n) is 6.07. The molecule has 2 aromatic rings. The maximum Gasteiger partial charge on any atom is 0.339 e. The summed E-state index contributed by atoms with van der Waals surface area (Å²) in [6.07, 6.45) is 0. The minimum atomic E-state index is -0.620. The summed E-state index contributed by atoms with van der Waals surface area (Å²) in [4.78, 5) is 36.1. The third-order valence-electron chi connectivity index (χ3n) is 4.17. The van der Waals surface area contributed by atoms with E-state index >= 15 is 0 Å². The van der Waals surface area contributed by atoms with E-state index in [4.69, 9.17) is 16.3 Å². The molecule has 0 heterocycles. The SMILES string of the molecule is COC(=O)c1ccc(C(=O)OC)c(NC(=O)C[NH2+][C@@H](C)c2ccc(Cl)cc2)c1. The number of quaternary nitrogens is 1. The summed E-state index contributed by atoms with van der Waals surface area (Å²) in [6.45, 7) is 2.08. The number of rotatable bonds is 7. The Bertz CT molecular complexity index is 867. The van der Waals surface area contributed by atoms with Crippen molar-refractivity contribution in [3.8, 4) is 0 Å². The van der Waals surface area contributed by atoms with Crippen LogP contribution in [-0.4, -0.2) is 38.6 Å². The Balaban J connectivity index is 2.09. The van der Waals surface area contributed by atoms with Gasteiger partial charge in [0, 0.05) is 10.6 Å². The van der Waals surface area contributed by atoms with E-state index in [2.05, 4.69) is 10.1 Å². The Morgan fingerprint density at radius 3 is 2.29 bits per heavy atom. The Kier molecular flexibility index (Phi) is 7.54. The van der Waals surface area contributed by atoms with Crippen molar-refractivity contribution in [1.29, 1.82) is 0 Å². The summed E-state index contributed by atoms with van der Waals surface area (Å²) < 4.78 is 9.40. The fourth-order valence-electron chi connectivity index (χ4n) is 2.57. The number of nitrogens with two attached hydrogens (primary N) is 1. The first-order valence-corrected chi connectivity index (χ1v) is 8.92. The van der Waals surface area contributed by atoms with Crippen molar-refractivity contribution in [2.24, 2.45) is 0 Å². The monoisotopic (exact) mass is 405 g/mol. The molecule has 0 saturated heterocycles. The van der Waals surface area contributed by atoms with Gasteiger partial charge in [0.05, 0.1) is 31.0 Å². The van der Waals surface area contributed by atoms with Crippen LogP contribution < -0.4 is 10.6 Å². The molecule has 0 fully saturated rings. The molecule has 0 aliphatic carbocycles. The van der Waals surface area contributed by atoms with Gasteiger partial charge in [-0.2, -0.15) is 0 Å². The maximum atomic E-state index is 12.4. The van der Waals surface area contributed by atoms with Crippen molar-refractivity contribution < 1.29 is 29.2 Å². The number of halogens is 1. The summed E-state index contributed by atoms with van der Waals surface area (Å²) in [5.74, 6) is -1.52. The molecule has 1 atom stereocenters. The molecule has 8 heteroatoms. The number of amides is 1. The van der Waals surface area contributed by atoms with Crippen LogP contribution in [0, 0.1) is 0 Å². The van der Waals surface area contributed by atoms with E-state index in [1.165, 1.54) is 32.4 Å². The smallest absolute Gasteiger partial charge is 0.339 e. The number of anilines is 1. The summed E-state index contributed by atoms with van der Waals surface area (Å²) in [5.41, 5.74) is 1.57. The molecule has 0 spiro atoms. The maximum absolute atomic E-state index is 12.4. The van der Waals surface area contributed by atoms with Gasteiger partial charge in [-0.05, 0) is 37.3 Å². The first kappa shape index (κ1) is 21.4. The van der Waals surface area contributed by atoms with Crippen molar-refractivity contribution >= 4 is 35.1 Å². The fourth-order valence-corrected chi connectivity index (χ4v) is 2.69. The van der Waals surface area contributed by atoms with Crippen LogP contribution in [0.5, 0.6) is 0 Å². The minimum absolute atomic E-state index is 0.0319. The van der Waals surface area contributed by atoms with Gasteiger partial charge in [0.2, 0.25) is 0 Å². The molecule has 0 saturated carbocycles. The quantitative estimate of drug-likeness (QED) is 0.688. The van der Waals surface area contributed by atoms with Crippen LogP contribution in [0.3, 0.4) is 0 Å². The van der Waals surface area contributed by atoms with E-state index in [9.17, 15) is 14.4 Å². The molecule has 0 aliphatic heterocycles. The third kappa shape index (κ3) is 5.55.